The molecule has 1 aliphatic carbocycles. The van der Waals surface area contributed by atoms with Crippen molar-refractivity contribution in [1.82, 2.24) is 4.90 Å². The average molecular weight is 283 g/mol. The molecule has 0 aromatic rings. The highest BCUT2D eigenvalue weighted by Gasteiger charge is 2.39. The number of rotatable bonds is 1. The quantitative estimate of drug-likeness (QED) is 0.803. The van der Waals surface area contributed by atoms with E-state index in [1.807, 2.05) is 25.7 Å². The minimum Gasteiger partial charge on any atom is -0.444 e. The van der Waals surface area contributed by atoms with Gasteiger partial charge in [-0.15, -0.1) is 0 Å². The fraction of sp³-hybridized carbons (Fsp3) is 0.938. The second-order valence-electron chi connectivity index (χ2n) is 7.25. The molecule has 4 heteroatoms. The number of aliphatic hydroxyl groups excluding tert-OH is 1. The summed E-state index contributed by atoms with van der Waals surface area (Å²) in [4.78, 5) is 14.3. The van der Waals surface area contributed by atoms with Gasteiger partial charge in [0.25, 0.3) is 0 Å². The molecule has 0 radical (unpaired) electrons. The largest absolute Gasteiger partial charge is 0.444 e. The van der Waals surface area contributed by atoms with Gasteiger partial charge in [0.1, 0.15) is 5.60 Å². The van der Waals surface area contributed by atoms with Crippen molar-refractivity contribution in [2.24, 2.45) is 5.92 Å². The number of hydrogen-bond donors (Lipinski definition) is 1. The minimum absolute atomic E-state index is 0.161. The smallest absolute Gasteiger partial charge is 0.410 e. The molecule has 20 heavy (non-hydrogen) atoms. The van der Waals surface area contributed by atoms with Crippen LogP contribution in [0.25, 0.3) is 0 Å². The molecule has 1 amide bonds. The van der Waals surface area contributed by atoms with Gasteiger partial charge in [-0.1, -0.05) is 12.8 Å². The van der Waals surface area contributed by atoms with Crippen molar-refractivity contribution in [3.8, 4) is 0 Å². The van der Waals surface area contributed by atoms with Crippen LogP contribution in [0.4, 0.5) is 4.79 Å². The summed E-state index contributed by atoms with van der Waals surface area (Å²) in [7, 11) is 0. The van der Waals surface area contributed by atoms with Crippen molar-refractivity contribution in [3.05, 3.63) is 0 Å². The maximum Gasteiger partial charge on any atom is 0.410 e. The SMILES string of the molecule is CC(C)(C)OC(=O)N1CCCCC1C1CCCCC1O. The number of aliphatic hydroxyl groups is 1. The van der Waals surface area contributed by atoms with Crippen LogP contribution in [0.1, 0.15) is 65.7 Å². The molecule has 0 aromatic carbocycles. The molecule has 0 bridgehead atoms. The molecule has 1 saturated heterocycles. The first-order valence-corrected chi connectivity index (χ1v) is 8.06. The van der Waals surface area contributed by atoms with Crippen molar-refractivity contribution in [2.75, 3.05) is 6.54 Å². The number of likely N-dealkylation sites (tertiary alicyclic amines) is 1. The summed E-state index contributed by atoms with van der Waals surface area (Å²) in [5.41, 5.74) is -0.454. The third kappa shape index (κ3) is 3.87. The van der Waals surface area contributed by atoms with Gasteiger partial charge in [0.2, 0.25) is 0 Å². The van der Waals surface area contributed by atoms with Crippen LogP contribution >= 0.6 is 0 Å². The Labute approximate surface area is 122 Å². The second-order valence-corrected chi connectivity index (χ2v) is 7.25. The van der Waals surface area contributed by atoms with Crippen LogP contribution in [-0.2, 0) is 4.74 Å². The zero-order valence-electron chi connectivity index (χ0n) is 13.1. The lowest BCUT2D eigenvalue weighted by molar-refractivity contribution is -0.0269. The van der Waals surface area contributed by atoms with Crippen molar-refractivity contribution < 1.29 is 14.6 Å². The molecule has 3 atom stereocenters. The van der Waals surface area contributed by atoms with E-state index in [1.165, 1.54) is 6.42 Å². The van der Waals surface area contributed by atoms with Crippen LogP contribution in [0.2, 0.25) is 0 Å². The maximum absolute atomic E-state index is 12.4. The van der Waals surface area contributed by atoms with Crippen molar-refractivity contribution in [1.29, 1.82) is 0 Å². The number of piperidine rings is 1. The monoisotopic (exact) mass is 283 g/mol. The molecule has 2 rings (SSSR count). The number of carbonyl (C=O) groups excluding carboxylic acids is 1. The van der Waals surface area contributed by atoms with Crippen LogP contribution in [0.15, 0.2) is 0 Å². The van der Waals surface area contributed by atoms with Gasteiger partial charge < -0.3 is 14.7 Å². The molecule has 0 spiro atoms. The standard InChI is InChI=1S/C16H29NO3/c1-16(2,3)20-15(19)17-11-7-6-9-13(17)12-8-4-5-10-14(12)18/h12-14,18H,4-11H2,1-3H3. The third-order valence-electron chi connectivity index (χ3n) is 4.45. The lowest BCUT2D eigenvalue weighted by Crippen LogP contribution is -2.52. The summed E-state index contributed by atoms with van der Waals surface area (Å²) in [6.45, 7) is 6.47. The third-order valence-corrected chi connectivity index (χ3v) is 4.45. The van der Waals surface area contributed by atoms with Crippen LogP contribution in [0.5, 0.6) is 0 Å². The van der Waals surface area contributed by atoms with Gasteiger partial charge in [0.15, 0.2) is 0 Å². The second kappa shape index (κ2) is 6.33. The summed E-state index contributed by atoms with van der Waals surface area (Å²) in [5, 5.41) is 10.3. The summed E-state index contributed by atoms with van der Waals surface area (Å²) >= 11 is 0. The van der Waals surface area contributed by atoms with E-state index in [-0.39, 0.29) is 24.2 Å². The predicted molar refractivity (Wildman–Crippen MR) is 78.5 cm³/mol. The van der Waals surface area contributed by atoms with Crippen LogP contribution in [-0.4, -0.2) is 40.4 Å². The topological polar surface area (TPSA) is 49.8 Å². The molecule has 2 aliphatic rings. The molecule has 2 fully saturated rings. The van der Waals surface area contributed by atoms with E-state index >= 15 is 0 Å². The number of ether oxygens (including phenoxy) is 1. The van der Waals surface area contributed by atoms with E-state index in [1.54, 1.807) is 0 Å². The van der Waals surface area contributed by atoms with Gasteiger partial charge in [-0.25, -0.2) is 4.79 Å². The first-order chi connectivity index (χ1) is 9.38. The summed E-state index contributed by atoms with van der Waals surface area (Å²) in [6.07, 6.45) is 6.91. The fourth-order valence-electron chi connectivity index (χ4n) is 3.54. The summed E-state index contributed by atoms with van der Waals surface area (Å²) in [5.74, 6) is 0.233. The Hall–Kier alpha value is -0.770. The molecular formula is C16H29NO3. The molecule has 1 heterocycles. The Morgan fingerprint density at radius 3 is 2.40 bits per heavy atom. The Morgan fingerprint density at radius 1 is 1.10 bits per heavy atom. The number of hydrogen-bond acceptors (Lipinski definition) is 3. The number of carbonyl (C=O) groups is 1. The first-order valence-electron chi connectivity index (χ1n) is 8.06. The van der Waals surface area contributed by atoms with Crippen LogP contribution in [0.3, 0.4) is 0 Å². The normalized spacial score (nSPS) is 32.0. The molecule has 3 unspecified atom stereocenters. The van der Waals surface area contributed by atoms with E-state index in [4.69, 9.17) is 4.74 Å². The van der Waals surface area contributed by atoms with Crippen LogP contribution in [0, 0.1) is 5.92 Å². The molecule has 1 aliphatic heterocycles. The predicted octanol–water partition coefficient (Wildman–Crippen LogP) is 3.33. The number of nitrogens with zero attached hydrogens (tertiary/aromatic N) is 1. The molecular weight excluding hydrogens is 254 g/mol. The van der Waals surface area contributed by atoms with Gasteiger partial charge in [-0.2, -0.15) is 0 Å². The maximum atomic E-state index is 12.4. The Kier molecular flexibility index (Phi) is 4.95. The highest BCUT2D eigenvalue weighted by Crippen LogP contribution is 2.34. The van der Waals surface area contributed by atoms with Gasteiger partial charge in [-0.3, -0.25) is 0 Å². The van der Waals surface area contributed by atoms with E-state index in [9.17, 15) is 9.90 Å². The Morgan fingerprint density at radius 2 is 1.75 bits per heavy atom. The molecule has 1 saturated carbocycles. The van der Waals surface area contributed by atoms with E-state index in [0.29, 0.717) is 0 Å². The van der Waals surface area contributed by atoms with E-state index in [2.05, 4.69) is 0 Å². The summed E-state index contributed by atoms with van der Waals surface area (Å²) in [6, 6.07) is 0.161. The van der Waals surface area contributed by atoms with Crippen molar-refractivity contribution >= 4 is 6.09 Å². The fourth-order valence-corrected chi connectivity index (χ4v) is 3.54. The van der Waals surface area contributed by atoms with Crippen LogP contribution < -0.4 is 0 Å². The van der Waals surface area contributed by atoms with Gasteiger partial charge in [0, 0.05) is 18.5 Å². The first kappa shape index (κ1) is 15.6. The van der Waals surface area contributed by atoms with Gasteiger partial charge in [-0.05, 0) is 52.9 Å². The lowest BCUT2D eigenvalue weighted by atomic mass is 9.78. The van der Waals surface area contributed by atoms with Gasteiger partial charge >= 0.3 is 6.09 Å². The lowest BCUT2D eigenvalue weighted by Gasteiger charge is -2.43. The number of amides is 1. The molecule has 116 valence electrons. The van der Waals surface area contributed by atoms with E-state index < -0.39 is 5.60 Å². The Balaban J connectivity index is 2.06. The van der Waals surface area contributed by atoms with E-state index in [0.717, 1.165) is 45.1 Å². The van der Waals surface area contributed by atoms with Gasteiger partial charge in [0.05, 0.1) is 6.10 Å². The zero-order chi connectivity index (χ0) is 14.8. The molecule has 1 N–H and O–H groups in total. The van der Waals surface area contributed by atoms with Crippen molar-refractivity contribution in [2.45, 2.75) is 83.5 Å². The average Bonchev–Trinajstić information content (AvgIpc) is 2.37. The highest BCUT2D eigenvalue weighted by atomic mass is 16.6. The Bertz CT molecular complexity index is 337. The zero-order valence-corrected chi connectivity index (χ0v) is 13.1. The molecule has 0 aromatic heterocycles. The minimum atomic E-state index is -0.454. The molecule has 4 nitrogen and oxygen atoms in total. The van der Waals surface area contributed by atoms with Crippen molar-refractivity contribution in [3.63, 3.8) is 0 Å². The summed E-state index contributed by atoms with van der Waals surface area (Å²) < 4.78 is 5.54. The highest BCUT2D eigenvalue weighted by molar-refractivity contribution is 5.68.